The number of amides is 1. The molecule has 0 saturated carbocycles. The summed E-state index contributed by atoms with van der Waals surface area (Å²) in [6.07, 6.45) is 3.14. The third kappa shape index (κ3) is 5.17. The van der Waals surface area contributed by atoms with Crippen molar-refractivity contribution < 1.29 is 18.7 Å². The molecule has 30 heavy (non-hydrogen) atoms. The van der Waals surface area contributed by atoms with Gasteiger partial charge in [-0.05, 0) is 19.1 Å². The molecule has 12 heteroatoms. The molecule has 1 amide bonds. The average Bonchev–Trinajstić information content (AvgIpc) is 3.39. The Morgan fingerprint density at radius 1 is 1.10 bits per heavy atom. The molecule has 3 rings (SSSR count). The van der Waals surface area contributed by atoms with E-state index in [-0.39, 0.29) is 43.2 Å². The summed E-state index contributed by atoms with van der Waals surface area (Å²) in [6, 6.07) is 3.08. The van der Waals surface area contributed by atoms with Crippen molar-refractivity contribution in [3.8, 4) is 5.75 Å². The lowest BCUT2D eigenvalue weighted by Crippen LogP contribution is -2.10. The summed E-state index contributed by atoms with van der Waals surface area (Å²) in [4.78, 5) is 12.4. The number of carbonyl (C=O) groups is 1. The zero-order valence-corrected chi connectivity index (χ0v) is 19.1. The first-order valence-corrected chi connectivity index (χ1v) is 10.3. The number of furan rings is 1. The maximum Gasteiger partial charge on any atom is 0.291 e. The van der Waals surface area contributed by atoms with Crippen molar-refractivity contribution in [2.75, 3.05) is 11.9 Å². The number of benzene rings is 1. The van der Waals surface area contributed by atoms with Gasteiger partial charge in [0, 0.05) is 6.61 Å². The first-order valence-electron chi connectivity index (χ1n) is 8.46. The third-order valence-corrected chi connectivity index (χ3v) is 5.97. The number of anilines is 1. The van der Waals surface area contributed by atoms with Crippen molar-refractivity contribution in [1.82, 2.24) is 9.78 Å². The van der Waals surface area contributed by atoms with Crippen molar-refractivity contribution in [2.24, 2.45) is 0 Å². The minimum Gasteiger partial charge on any atom is -0.482 e. The Morgan fingerprint density at radius 3 is 2.43 bits per heavy atom. The molecule has 0 unspecified atom stereocenters. The Kier molecular flexibility index (Phi) is 7.79. The Morgan fingerprint density at radius 2 is 1.77 bits per heavy atom. The van der Waals surface area contributed by atoms with Crippen molar-refractivity contribution >= 4 is 69.6 Å². The first-order chi connectivity index (χ1) is 14.3. The van der Waals surface area contributed by atoms with Crippen LogP contribution in [0.4, 0.5) is 5.69 Å². The molecule has 0 bridgehead atoms. The molecular formula is C18H14Cl5N3O4. The van der Waals surface area contributed by atoms with Gasteiger partial charge in [0.15, 0.2) is 11.5 Å². The van der Waals surface area contributed by atoms with Crippen molar-refractivity contribution in [3.63, 3.8) is 0 Å². The summed E-state index contributed by atoms with van der Waals surface area (Å²) in [5.74, 6) is 0.0322. The van der Waals surface area contributed by atoms with E-state index in [9.17, 15) is 4.79 Å². The largest absolute Gasteiger partial charge is 0.482 e. The lowest BCUT2D eigenvalue weighted by molar-refractivity contribution is 0.0792. The minimum absolute atomic E-state index is 0.0182. The van der Waals surface area contributed by atoms with Gasteiger partial charge in [0.1, 0.15) is 29.1 Å². The zero-order chi connectivity index (χ0) is 21.8. The Labute approximate surface area is 196 Å². The highest BCUT2D eigenvalue weighted by atomic mass is 35.5. The van der Waals surface area contributed by atoms with Crippen molar-refractivity contribution in [1.29, 1.82) is 0 Å². The molecule has 1 aromatic carbocycles. The molecule has 0 saturated heterocycles. The third-order valence-electron chi connectivity index (χ3n) is 3.73. The van der Waals surface area contributed by atoms with Gasteiger partial charge in [0.25, 0.3) is 5.91 Å². The molecular weight excluding hydrogens is 499 g/mol. The van der Waals surface area contributed by atoms with E-state index < -0.39 is 5.91 Å². The van der Waals surface area contributed by atoms with Gasteiger partial charge in [-0.1, -0.05) is 58.0 Å². The Hall–Kier alpha value is -1.61. The summed E-state index contributed by atoms with van der Waals surface area (Å²) in [7, 11) is 0. The van der Waals surface area contributed by atoms with E-state index in [0.717, 1.165) is 0 Å². The van der Waals surface area contributed by atoms with Gasteiger partial charge < -0.3 is 19.2 Å². The van der Waals surface area contributed by atoms with Crippen molar-refractivity contribution in [2.45, 2.75) is 20.3 Å². The fourth-order valence-corrected chi connectivity index (χ4v) is 3.54. The predicted molar refractivity (Wildman–Crippen MR) is 116 cm³/mol. The maximum atomic E-state index is 12.4. The normalized spacial score (nSPS) is 11.0. The summed E-state index contributed by atoms with van der Waals surface area (Å²) < 4.78 is 17.9. The quantitative estimate of drug-likeness (QED) is 0.272. The summed E-state index contributed by atoms with van der Waals surface area (Å²) in [5, 5.41) is 6.86. The van der Waals surface area contributed by atoms with Gasteiger partial charge in [-0.2, -0.15) is 5.10 Å². The second kappa shape index (κ2) is 10.1. The maximum absolute atomic E-state index is 12.4. The molecule has 7 nitrogen and oxygen atoms in total. The van der Waals surface area contributed by atoms with Gasteiger partial charge in [0.2, 0.25) is 0 Å². The number of ether oxygens (including phenoxy) is 2. The van der Waals surface area contributed by atoms with Crippen LogP contribution >= 0.6 is 58.0 Å². The van der Waals surface area contributed by atoms with E-state index in [1.165, 1.54) is 12.3 Å². The second-order valence-corrected chi connectivity index (χ2v) is 7.69. The molecule has 0 fully saturated rings. The van der Waals surface area contributed by atoms with Gasteiger partial charge in [-0.25, -0.2) is 4.68 Å². The number of halogens is 5. The standard InChI is InChI=1S/C18H14Cl5N3O4/c1-2-28-8-26-6-9(5-24-26)25-18(27)11-4-3-10(30-11)7-29-17-15(22)13(20)12(19)14(21)16(17)23/h3-6H,2,7-8H2,1H3,(H,25,27). The molecule has 0 aliphatic heterocycles. The van der Waals surface area contributed by atoms with E-state index in [4.69, 9.17) is 71.9 Å². The Balaban J connectivity index is 1.64. The average molecular weight is 514 g/mol. The van der Waals surface area contributed by atoms with Crippen LogP contribution in [0, 0.1) is 0 Å². The fourth-order valence-electron chi connectivity index (χ4n) is 2.31. The molecule has 0 aliphatic rings. The predicted octanol–water partition coefficient (Wildman–Crippen LogP) is 6.57. The molecule has 0 atom stereocenters. The van der Waals surface area contributed by atoms with Crippen LogP contribution in [0.5, 0.6) is 5.75 Å². The van der Waals surface area contributed by atoms with Crippen LogP contribution in [0.15, 0.2) is 28.9 Å². The summed E-state index contributed by atoms with van der Waals surface area (Å²) >= 11 is 30.2. The molecule has 2 heterocycles. The molecule has 0 aliphatic carbocycles. The van der Waals surface area contributed by atoms with E-state index in [1.54, 1.807) is 16.9 Å². The van der Waals surface area contributed by atoms with Crippen LogP contribution in [0.3, 0.4) is 0 Å². The van der Waals surface area contributed by atoms with Gasteiger partial charge in [-0.3, -0.25) is 4.79 Å². The SMILES string of the molecule is CCOCn1cc(NC(=O)c2ccc(COc3c(Cl)c(Cl)c(Cl)c(Cl)c3Cl)o2)cn1. The molecule has 2 aromatic heterocycles. The number of nitrogens with zero attached hydrogens (tertiary/aromatic N) is 2. The fraction of sp³-hybridized carbons (Fsp3) is 0.222. The van der Waals surface area contributed by atoms with E-state index >= 15 is 0 Å². The van der Waals surface area contributed by atoms with Crippen LogP contribution in [-0.4, -0.2) is 22.3 Å². The number of rotatable bonds is 8. The van der Waals surface area contributed by atoms with Crippen LogP contribution in [0.1, 0.15) is 23.2 Å². The number of hydrogen-bond donors (Lipinski definition) is 1. The highest BCUT2D eigenvalue weighted by Gasteiger charge is 2.21. The van der Waals surface area contributed by atoms with Gasteiger partial charge in [-0.15, -0.1) is 0 Å². The summed E-state index contributed by atoms with van der Waals surface area (Å²) in [5.41, 5.74) is 0.498. The van der Waals surface area contributed by atoms with Crippen LogP contribution in [0.25, 0.3) is 0 Å². The number of hydrogen-bond acceptors (Lipinski definition) is 5. The lowest BCUT2D eigenvalue weighted by atomic mass is 10.3. The number of carbonyl (C=O) groups excluding carboxylic acids is 1. The second-order valence-electron chi connectivity index (χ2n) is 5.80. The van der Waals surface area contributed by atoms with Gasteiger partial charge in [0.05, 0.1) is 33.1 Å². The van der Waals surface area contributed by atoms with Gasteiger partial charge >= 0.3 is 0 Å². The number of aromatic nitrogens is 2. The van der Waals surface area contributed by atoms with Crippen LogP contribution < -0.4 is 10.1 Å². The Bertz CT molecular complexity index is 1040. The van der Waals surface area contributed by atoms with E-state index in [1.807, 2.05) is 6.92 Å². The molecule has 3 aromatic rings. The number of nitrogens with one attached hydrogen (secondary N) is 1. The lowest BCUT2D eigenvalue weighted by Gasteiger charge is -2.12. The highest BCUT2D eigenvalue weighted by molar-refractivity contribution is 6.55. The first kappa shape index (κ1) is 23.1. The van der Waals surface area contributed by atoms with Crippen LogP contribution in [-0.2, 0) is 18.1 Å². The molecule has 1 N–H and O–H groups in total. The van der Waals surface area contributed by atoms with E-state index in [0.29, 0.717) is 24.8 Å². The van der Waals surface area contributed by atoms with Crippen LogP contribution in [0.2, 0.25) is 25.1 Å². The molecule has 160 valence electrons. The minimum atomic E-state index is -0.453. The smallest absolute Gasteiger partial charge is 0.291 e. The van der Waals surface area contributed by atoms with E-state index in [2.05, 4.69) is 10.4 Å². The zero-order valence-electron chi connectivity index (χ0n) is 15.3. The molecule has 0 radical (unpaired) electrons. The summed E-state index contributed by atoms with van der Waals surface area (Å²) in [6.45, 7) is 2.65. The van der Waals surface area contributed by atoms with Crippen molar-refractivity contribution in [3.05, 3.63) is 61.2 Å². The highest BCUT2D eigenvalue weighted by Crippen LogP contribution is 2.48. The molecule has 0 spiro atoms. The monoisotopic (exact) mass is 511 g/mol. The topological polar surface area (TPSA) is 78.5 Å².